The van der Waals surface area contributed by atoms with Gasteiger partial charge in [0, 0.05) is 57.4 Å². The summed E-state index contributed by atoms with van der Waals surface area (Å²) in [5.41, 5.74) is 1.19. The van der Waals surface area contributed by atoms with E-state index in [1.54, 1.807) is 4.90 Å². The Morgan fingerprint density at radius 1 is 0.926 bits per heavy atom. The number of nitrogens with zero attached hydrogens (tertiary/aromatic N) is 4. The zero-order valence-electron chi connectivity index (χ0n) is 15.6. The molecule has 0 spiro atoms. The second kappa shape index (κ2) is 8.71. The van der Waals surface area contributed by atoms with E-state index in [0.717, 1.165) is 24.7 Å². The fourth-order valence-electron chi connectivity index (χ4n) is 3.43. The Labute approximate surface area is 164 Å². The lowest BCUT2D eigenvalue weighted by Crippen LogP contribution is -2.57. The van der Waals surface area contributed by atoms with Crippen LogP contribution in [0.4, 0.5) is 0 Å². The van der Waals surface area contributed by atoms with E-state index in [1.807, 2.05) is 31.2 Å². The summed E-state index contributed by atoms with van der Waals surface area (Å²) in [6.45, 7) is 6.90. The van der Waals surface area contributed by atoms with Crippen molar-refractivity contribution < 1.29 is 14.4 Å². The molecule has 1 aromatic carbocycles. The number of benzene rings is 1. The SMILES string of the molecule is CCN1CCN(CC(=O)N2CCN(Cc3ccc(Cl)cc3)CC2)C(=O)C1=O. The summed E-state index contributed by atoms with van der Waals surface area (Å²) in [5, 5.41) is 0.724. The van der Waals surface area contributed by atoms with Gasteiger partial charge >= 0.3 is 11.8 Å². The van der Waals surface area contributed by atoms with E-state index in [2.05, 4.69) is 4.90 Å². The first kappa shape index (κ1) is 19.6. The number of halogens is 1. The van der Waals surface area contributed by atoms with E-state index < -0.39 is 11.8 Å². The number of hydrogen-bond acceptors (Lipinski definition) is 4. The minimum absolute atomic E-state index is 0.0146. The highest BCUT2D eigenvalue weighted by Gasteiger charge is 2.33. The van der Waals surface area contributed by atoms with Gasteiger partial charge in [-0.05, 0) is 24.6 Å². The molecule has 2 heterocycles. The molecule has 8 heteroatoms. The van der Waals surface area contributed by atoms with Crippen molar-refractivity contribution in [1.82, 2.24) is 19.6 Å². The highest BCUT2D eigenvalue weighted by atomic mass is 35.5. The Hall–Kier alpha value is -2.12. The van der Waals surface area contributed by atoms with E-state index in [4.69, 9.17) is 11.6 Å². The van der Waals surface area contributed by atoms with Crippen molar-refractivity contribution in [2.24, 2.45) is 0 Å². The first-order valence-corrected chi connectivity index (χ1v) is 9.68. The molecule has 0 radical (unpaired) electrons. The van der Waals surface area contributed by atoms with Crippen molar-refractivity contribution in [3.05, 3.63) is 34.9 Å². The minimum Gasteiger partial charge on any atom is -0.339 e. The van der Waals surface area contributed by atoms with Crippen LogP contribution in [0, 0.1) is 0 Å². The molecule has 0 N–H and O–H groups in total. The summed E-state index contributed by atoms with van der Waals surface area (Å²) in [6.07, 6.45) is 0. The number of carbonyl (C=O) groups excluding carboxylic acids is 3. The standard InChI is InChI=1S/C19H25ClN4O3/c1-2-22-11-12-24(19(27)18(22)26)14-17(25)23-9-7-21(8-10-23)13-15-3-5-16(20)6-4-15/h3-6H,2,7-14H2,1H3. The van der Waals surface area contributed by atoms with Gasteiger partial charge in [-0.2, -0.15) is 0 Å². The van der Waals surface area contributed by atoms with Crippen LogP contribution < -0.4 is 0 Å². The van der Waals surface area contributed by atoms with Gasteiger partial charge in [-0.15, -0.1) is 0 Å². The summed E-state index contributed by atoms with van der Waals surface area (Å²) in [5.74, 6) is -1.17. The molecule has 2 fully saturated rings. The zero-order valence-corrected chi connectivity index (χ0v) is 16.3. The quantitative estimate of drug-likeness (QED) is 0.691. The van der Waals surface area contributed by atoms with Crippen LogP contribution in [0.15, 0.2) is 24.3 Å². The summed E-state index contributed by atoms with van der Waals surface area (Å²) in [4.78, 5) is 43.6. The van der Waals surface area contributed by atoms with Gasteiger partial charge < -0.3 is 14.7 Å². The number of carbonyl (C=O) groups is 3. The second-order valence-electron chi connectivity index (χ2n) is 6.89. The number of piperazine rings is 2. The van der Waals surface area contributed by atoms with Crippen LogP contribution in [0.3, 0.4) is 0 Å². The van der Waals surface area contributed by atoms with Gasteiger partial charge in [-0.25, -0.2) is 0 Å². The molecule has 7 nitrogen and oxygen atoms in total. The predicted octanol–water partition coefficient (Wildman–Crippen LogP) is 0.675. The van der Waals surface area contributed by atoms with Crippen molar-refractivity contribution in [3.63, 3.8) is 0 Å². The molecule has 2 aliphatic rings. The van der Waals surface area contributed by atoms with Gasteiger partial charge in [0.25, 0.3) is 0 Å². The molecule has 3 amide bonds. The first-order valence-electron chi connectivity index (χ1n) is 9.30. The molecule has 0 aromatic heterocycles. The normalized spacial score (nSPS) is 19.0. The average molecular weight is 393 g/mol. The van der Waals surface area contributed by atoms with Crippen molar-refractivity contribution in [2.45, 2.75) is 13.5 Å². The average Bonchev–Trinajstić information content (AvgIpc) is 2.68. The molecule has 0 unspecified atom stereocenters. The van der Waals surface area contributed by atoms with Gasteiger partial charge in [0.1, 0.15) is 6.54 Å². The van der Waals surface area contributed by atoms with Gasteiger partial charge in [0.2, 0.25) is 5.91 Å². The molecule has 0 bridgehead atoms. The summed E-state index contributed by atoms with van der Waals surface area (Å²) in [7, 11) is 0. The van der Waals surface area contributed by atoms with Crippen molar-refractivity contribution in [1.29, 1.82) is 0 Å². The van der Waals surface area contributed by atoms with Gasteiger partial charge in [0.05, 0.1) is 0 Å². The topological polar surface area (TPSA) is 64.2 Å². The number of hydrogen-bond donors (Lipinski definition) is 0. The lowest BCUT2D eigenvalue weighted by molar-refractivity contribution is -0.157. The Kier molecular flexibility index (Phi) is 6.34. The van der Waals surface area contributed by atoms with Crippen molar-refractivity contribution in [2.75, 3.05) is 52.4 Å². The van der Waals surface area contributed by atoms with Gasteiger partial charge in [-0.1, -0.05) is 23.7 Å². The lowest BCUT2D eigenvalue weighted by atomic mass is 10.2. The van der Waals surface area contributed by atoms with Crippen molar-refractivity contribution >= 4 is 29.3 Å². The lowest BCUT2D eigenvalue weighted by Gasteiger charge is -2.37. The molecule has 146 valence electrons. The third kappa shape index (κ3) is 4.78. The molecule has 0 atom stereocenters. The minimum atomic E-state index is -0.571. The Morgan fingerprint density at radius 3 is 2.15 bits per heavy atom. The van der Waals surface area contributed by atoms with Crippen LogP contribution in [0.25, 0.3) is 0 Å². The summed E-state index contributed by atoms with van der Waals surface area (Å²) in [6, 6.07) is 7.79. The van der Waals surface area contributed by atoms with Crippen LogP contribution in [0.5, 0.6) is 0 Å². The van der Waals surface area contributed by atoms with E-state index in [1.165, 1.54) is 15.4 Å². The molecule has 2 saturated heterocycles. The Morgan fingerprint density at radius 2 is 1.52 bits per heavy atom. The van der Waals surface area contributed by atoms with Crippen LogP contribution in [0.2, 0.25) is 5.02 Å². The maximum atomic E-state index is 12.5. The molecular weight excluding hydrogens is 368 g/mol. The van der Waals surface area contributed by atoms with Crippen LogP contribution >= 0.6 is 11.6 Å². The third-order valence-corrected chi connectivity index (χ3v) is 5.40. The highest BCUT2D eigenvalue weighted by molar-refractivity contribution is 6.35. The monoisotopic (exact) mass is 392 g/mol. The first-order chi connectivity index (χ1) is 13.0. The highest BCUT2D eigenvalue weighted by Crippen LogP contribution is 2.13. The number of rotatable bonds is 5. The molecule has 2 aliphatic heterocycles. The van der Waals surface area contributed by atoms with Crippen LogP contribution in [0.1, 0.15) is 12.5 Å². The molecule has 0 saturated carbocycles. The molecular formula is C19H25ClN4O3. The van der Waals surface area contributed by atoms with E-state index in [-0.39, 0.29) is 12.5 Å². The fourth-order valence-corrected chi connectivity index (χ4v) is 3.56. The second-order valence-corrected chi connectivity index (χ2v) is 7.33. The predicted molar refractivity (Wildman–Crippen MR) is 102 cm³/mol. The maximum Gasteiger partial charge on any atom is 0.312 e. The van der Waals surface area contributed by atoms with E-state index in [0.29, 0.717) is 32.7 Å². The third-order valence-electron chi connectivity index (χ3n) is 5.15. The Balaban J connectivity index is 1.46. The molecule has 1 aromatic rings. The summed E-state index contributed by atoms with van der Waals surface area (Å²) < 4.78 is 0. The molecule has 27 heavy (non-hydrogen) atoms. The Bertz CT molecular complexity index is 701. The van der Waals surface area contributed by atoms with Gasteiger partial charge in [0.15, 0.2) is 0 Å². The number of amides is 3. The maximum absolute atomic E-state index is 12.5. The molecule has 0 aliphatic carbocycles. The van der Waals surface area contributed by atoms with Crippen LogP contribution in [-0.2, 0) is 20.9 Å². The largest absolute Gasteiger partial charge is 0.339 e. The van der Waals surface area contributed by atoms with Crippen LogP contribution in [-0.4, -0.2) is 89.7 Å². The summed E-state index contributed by atoms with van der Waals surface area (Å²) >= 11 is 5.91. The zero-order chi connectivity index (χ0) is 19.4. The fraction of sp³-hybridized carbons (Fsp3) is 0.526. The number of likely N-dealkylation sites (N-methyl/N-ethyl adjacent to an activating group) is 1. The molecule has 3 rings (SSSR count). The van der Waals surface area contributed by atoms with E-state index in [9.17, 15) is 14.4 Å². The van der Waals surface area contributed by atoms with Crippen molar-refractivity contribution in [3.8, 4) is 0 Å². The smallest absolute Gasteiger partial charge is 0.312 e. The van der Waals surface area contributed by atoms with E-state index >= 15 is 0 Å². The van der Waals surface area contributed by atoms with Gasteiger partial charge in [-0.3, -0.25) is 19.3 Å².